The quantitative estimate of drug-likeness (QED) is 0.0876. The molecule has 0 spiro atoms. The van der Waals surface area contributed by atoms with Gasteiger partial charge in [-0.25, -0.2) is 14.8 Å². The molecule has 4 aromatic carbocycles. The van der Waals surface area contributed by atoms with Crippen LogP contribution in [0.2, 0.25) is 0 Å². The molecule has 0 aliphatic carbocycles. The third-order valence-corrected chi connectivity index (χ3v) is 11.3. The van der Waals surface area contributed by atoms with Crippen LogP contribution in [0.15, 0.2) is 102 Å². The molecule has 0 radical (unpaired) electrons. The number of aryl methyl sites for hydroxylation is 6. The highest BCUT2D eigenvalue weighted by molar-refractivity contribution is 6.01. The summed E-state index contributed by atoms with van der Waals surface area (Å²) in [5.41, 5.74) is 30.9. The second kappa shape index (κ2) is 14.9. The Bertz CT molecular complexity index is 2980. The van der Waals surface area contributed by atoms with Gasteiger partial charge in [0.25, 0.3) is 0 Å². The van der Waals surface area contributed by atoms with E-state index in [1.807, 2.05) is 42.5 Å². The van der Waals surface area contributed by atoms with Crippen LogP contribution >= 0.6 is 0 Å². The van der Waals surface area contributed by atoms with E-state index in [0.29, 0.717) is 5.69 Å². The molecule has 2 aliphatic rings. The third kappa shape index (κ3) is 6.67. The lowest BCUT2D eigenvalue weighted by atomic mass is 9.92. The molecule has 292 valence electrons. The van der Waals surface area contributed by atoms with Gasteiger partial charge in [-0.05, 0) is 152 Å². The van der Waals surface area contributed by atoms with Gasteiger partial charge in [0.1, 0.15) is 0 Å². The molecule has 0 fully saturated rings. The second-order valence-corrected chi connectivity index (χ2v) is 15.7. The maximum absolute atomic E-state index is 11.9. The average molecular weight is 784 g/mol. The summed E-state index contributed by atoms with van der Waals surface area (Å²) in [6, 6.07) is 31.7. The number of nitrogens with one attached hydrogen (secondary N) is 2. The number of hydrogen-bond donors (Lipinski definition) is 3. The minimum Gasteiger partial charge on any atom is -0.478 e. The van der Waals surface area contributed by atoms with E-state index in [2.05, 4.69) is 128 Å². The van der Waals surface area contributed by atoms with Gasteiger partial charge in [0.05, 0.1) is 28.3 Å². The number of H-pyrrole nitrogens is 2. The number of rotatable bonds is 6. The topological polar surface area (TPSA) is 143 Å². The van der Waals surface area contributed by atoms with Gasteiger partial charge in [0.2, 0.25) is 0 Å². The summed E-state index contributed by atoms with van der Waals surface area (Å²) in [4.78, 5) is 33.4. The Morgan fingerprint density at radius 3 is 1.23 bits per heavy atom. The maximum atomic E-state index is 11.9. The molecule has 0 amide bonds. The number of azide groups is 1. The van der Waals surface area contributed by atoms with Crippen molar-refractivity contribution >= 4 is 58.0 Å². The number of carbonyl (C=O) groups is 1. The number of carboxylic acids is 1. The predicted octanol–water partition coefficient (Wildman–Crippen LogP) is 13.8. The van der Waals surface area contributed by atoms with Crippen LogP contribution in [0, 0.1) is 41.5 Å². The number of aromatic amines is 2. The van der Waals surface area contributed by atoms with E-state index in [1.54, 1.807) is 12.1 Å². The molecular formula is C51H41N7O2. The van der Waals surface area contributed by atoms with E-state index in [9.17, 15) is 9.90 Å². The van der Waals surface area contributed by atoms with E-state index in [0.717, 1.165) is 112 Å². The van der Waals surface area contributed by atoms with Crippen LogP contribution in [0.5, 0.6) is 0 Å². The fourth-order valence-corrected chi connectivity index (χ4v) is 9.01. The van der Waals surface area contributed by atoms with Crippen LogP contribution in [0.4, 0.5) is 5.69 Å². The van der Waals surface area contributed by atoms with Crippen molar-refractivity contribution in [2.24, 2.45) is 5.11 Å². The van der Waals surface area contributed by atoms with Crippen molar-refractivity contribution < 1.29 is 9.90 Å². The predicted molar refractivity (Wildman–Crippen MR) is 245 cm³/mol. The zero-order chi connectivity index (χ0) is 41.8. The molecule has 0 unspecified atom stereocenters. The van der Waals surface area contributed by atoms with Crippen LogP contribution < -0.4 is 0 Å². The van der Waals surface area contributed by atoms with Crippen LogP contribution in [-0.4, -0.2) is 31.0 Å². The first kappa shape index (κ1) is 37.8. The molecule has 9 nitrogen and oxygen atoms in total. The molecule has 9 rings (SSSR count). The van der Waals surface area contributed by atoms with Gasteiger partial charge >= 0.3 is 5.97 Å². The molecule has 5 heterocycles. The summed E-state index contributed by atoms with van der Waals surface area (Å²) >= 11 is 0. The first-order valence-corrected chi connectivity index (χ1v) is 19.8. The number of aromatic carboxylic acids is 1. The van der Waals surface area contributed by atoms with E-state index in [4.69, 9.17) is 15.5 Å². The van der Waals surface area contributed by atoms with Crippen molar-refractivity contribution in [2.75, 3.05) is 0 Å². The Labute approximate surface area is 347 Å². The summed E-state index contributed by atoms with van der Waals surface area (Å²) in [6.07, 6.45) is 8.26. The number of benzene rings is 4. The van der Waals surface area contributed by atoms with Gasteiger partial charge in [-0.3, -0.25) is 0 Å². The largest absolute Gasteiger partial charge is 0.478 e. The second-order valence-electron chi connectivity index (χ2n) is 15.7. The summed E-state index contributed by atoms with van der Waals surface area (Å²) in [5.74, 6) is -0.982. The number of hydrogen-bond acceptors (Lipinski definition) is 4. The molecule has 60 heavy (non-hydrogen) atoms. The van der Waals surface area contributed by atoms with Gasteiger partial charge in [-0.1, -0.05) is 76.9 Å². The standard InChI is InChI=1S/C51H41N7O2/c1-27-23-29(3)45(30(4)24-27)49-41-19-15-37(53-41)47(33-7-9-35(10-8-33)51(59)60)38-16-20-42(54-38)50(46-31(5)25-28(2)26-32(46)6)44-22-18-40(56-44)48(39-17-21-43(49)55-39)34-11-13-36(14-12-34)57-58-52/h7-26,53,56H,1-6H3,(H,59,60). The number of nitrogens with zero attached hydrogens (tertiary/aromatic N) is 5. The number of carboxylic acid groups (broad SMARTS) is 1. The van der Waals surface area contributed by atoms with Crippen molar-refractivity contribution in [2.45, 2.75) is 41.5 Å². The summed E-state index contributed by atoms with van der Waals surface area (Å²) in [6.45, 7) is 12.8. The Morgan fingerprint density at radius 2 is 0.867 bits per heavy atom. The summed E-state index contributed by atoms with van der Waals surface area (Å²) < 4.78 is 0. The Hall–Kier alpha value is -7.74. The molecule has 9 heteroatoms. The minimum absolute atomic E-state index is 0.209. The smallest absolute Gasteiger partial charge is 0.335 e. The SMILES string of the molecule is Cc1cc(C)c(-c2c3nc(c(-c4ccc(C(=O)O)cc4)c4ccc([nH]4)c(-c4c(C)cc(C)cc4C)c4nc(c(-c5ccc(N=[N+]=[N-])cc5)c5ccc2[nH]5)C=C4)C=C3)c(C)c1. The average Bonchev–Trinajstić information content (AvgIpc) is 4.05. The lowest BCUT2D eigenvalue weighted by molar-refractivity contribution is 0.0697. The lowest BCUT2D eigenvalue weighted by Crippen LogP contribution is -1.96. The Kier molecular flexibility index (Phi) is 9.38. The maximum Gasteiger partial charge on any atom is 0.335 e. The molecule has 8 bridgehead atoms. The fraction of sp³-hybridized carbons (Fsp3) is 0.118. The van der Waals surface area contributed by atoms with Gasteiger partial charge < -0.3 is 15.1 Å². The fourth-order valence-electron chi connectivity index (χ4n) is 9.01. The molecule has 0 saturated heterocycles. The van der Waals surface area contributed by atoms with E-state index >= 15 is 0 Å². The van der Waals surface area contributed by atoms with E-state index < -0.39 is 5.97 Å². The Morgan fingerprint density at radius 1 is 0.517 bits per heavy atom. The van der Waals surface area contributed by atoms with Crippen molar-refractivity contribution in [3.05, 3.63) is 169 Å². The van der Waals surface area contributed by atoms with Crippen molar-refractivity contribution in [1.29, 1.82) is 0 Å². The number of aromatic nitrogens is 4. The van der Waals surface area contributed by atoms with Crippen molar-refractivity contribution in [3.8, 4) is 44.5 Å². The highest BCUT2D eigenvalue weighted by Crippen LogP contribution is 2.41. The number of fused-ring (bicyclic) bond motifs is 8. The zero-order valence-corrected chi connectivity index (χ0v) is 34.1. The van der Waals surface area contributed by atoms with Crippen LogP contribution in [0.3, 0.4) is 0 Å². The van der Waals surface area contributed by atoms with Crippen LogP contribution in [0.1, 0.15) is 66.5 Å². The minimum atomic E-state index is -0.982. The first-order chi connectivity index (χ1) is 29.0. The molecular weight excluding hydrogens is 743 g/mol. The van der Waals surface area contributed by atoms with Gasteiger partial charge in [0.15, 0.2) is 0 Å². The molecule has 3 aromatic heterocycles. The Balaban J connectivity index is 1.49. The van der Waals surface area contributed by atoms with Crippen molar-refractivity contribution in [3.63, 3.8) is 0 Å². The molecule has 7 aromatic rings. The van der Waals surface area contributed by atoms with Gasteiger partial charge in [0, 0.05) is 54.9 Å². The van der Waals surface area contributed by atoms with Crippen LogP contribution in [-0.2, 0) is 0 Å². The summed E-state index contributed by atoms with van der Waals surface area (Å²) in [7, 11) is 0. The normalized spacial score (nSPS) is 11.8. The third-order valence-electron chi connectivity index (χ3n) is 11.3. The van der Waals surface area contributed by atoms with Crippen LogP contribution in [0.25, 0.3) is 101 Å². The highest BCUT2D eigenvalue weighted by Gasteiger charge is 2.22. The van der Waals surface area contributed by atoms with Gasteiger partial charge in [-0.15, -0.1) is 0 Å². The zero-order valence-electron chi connectivity index (χ0n) is 34.1. The lowest BCUT2D eigenvalue weighted by Gasteiger charge is -2.13. The molecule has 3 N–H and O–H groups in total. The molecule has 0 atom stereocenters. The van der Waals surface area contributed by atoms with Crippen molar-refractivity contribution in [1.82, 2.24) is 19.9 Å². The van der Waals surface area contributed by atoms with Gasteiger partial charge in [-0.2, -0.15) is 0 Å². The molecule has 0 saturated carbocycles. The monoisotopic (exact) mass is 783 g/mol. The first-order valence-electron chi connectivity index (χ1n) is 19.8. The van der Waals surface area contributed by atoms with E-state index in [-0.39, 0.29) is 5.56 Å². The summed E-state index contributed by atoms with van der Waals surface area (Å²) in [5, 5.41) is 13.6. The van der Waals surface area contributed by atoms with E-state index in [1.165, 1.54) is 11.1 Å². The highest BCUT2D eigenvalue weighted by atomic mass is 16.4. The molecule has 2 aliphatic heterocycles.